The summed E-state index contributed by atoms with van der Waals surface area (Å²) in [6, 6.07) is 9.15. The second-order valence-corrected chi connectivity index (χ2v) is 8.14. The number of benzene rings is 1. The molecular formula is C24H29N5O4. The lowest BCUT2D eigenvalue weighted by Crippen LogP contribution is -2.37. The van der Waals surface area contributed by atoms with E-state index in [0.29, 0.717) is 18.7 Å². The highest BCUT2D eigenvalue weighted by molar-refractivity contribution is 5.72. The lowest BCUT2D eigenvalue weighted by molar-refractivity contribution is -0.143. The van der Waals surface area contributed by atoms with E-state index in [2.05, 4.69) is 15.1 Å². The molecule has 3 heterocycles. The van der Waals surface area contributed by atoms with Gasteiger partial charge in [0.1, 0.15) is 11.4 Å². The summed E-state index contributed by atoms with van der Waals surface area (Å²) < 4.78 is 14.1. The monoisotopic (exact) mass is 451 g/mol. The van der Waals surface area contributed by atoms with Crippen LogP contribution in [-0.4, -0.2) is 69.9 Å². The number of rotatable bonds is 9. The highest BCUT2D eigenvalue weighted by Gasteiger charge is 2.11. The molecule has 0 saturated carbocycles. The molecule has 1 fully saturated rings. The van der Waals surface area contributed by atoms with Crippen LogP contribution in [0.5, 0.6) is 0 Å². The summed E-state index contributed by atoms with van der Waals surface area (Å²) in [7, 11) is 1.83. The van der Waals surface area contributed by atoms with Crippen molar-refractivity contribution in [1.82, 2.24) is 24.5 Å². The number of hydrogen-bond donors (Lipinski definition) is 0. The molecule has 33 heavy (non-hydrogen) atoms. The largest absolute Gasteiger partial charge is 0.465 e. The highest BCUT2D eigenvalue weighted by atomic mass is 16.5. The van der Waals surface area contributed by atoms with Gasteiger partial charge in [0.25, 0.3) is 0 Å². The predicted octanol–water partition coefficient (Wildman–Crippen LogP) is 1.36. The van der Waals surface area contributed by atoms with Crippen molar-refractivity contribution in [3.8, 4) is 5.69 Å². The molecular weight excluding hydrogens is 422 g/mol. The first kappa shape index (κ1) is 22.9. The molecule has 0 bridgehead atoms. The minimum Gasteiger partial charge on any atom is -0.465 e. The Bertz CT molecular complexity index is 1130. The number of hydrogen-bond acceptors (Lipinski definition) is 7. The minimum absolute atomic E-state index is 0.125. The van der Waals surface area contributed by atoms with Gasteiger partial charge in [0.15, 0.2) is 0 Å². The molecule has 0 amide bonds. The Morgan fingerprint density at radius 1 is 1.18 bits per heavy atom. The molecule has 0 spiro atoms. The average molecular weight is 452 g/mol. The number of carbonyl (C=O) groups is 1. The first-order valence-electron chi connectivity index (χ1n) is 11.2. The molecule has 1 aromatic carbocycles. The summed E-state index contributed by atoms with van der Waals surface area (Å²) in [5.41, 5.74) is 2.86. The van der Waals surface area contributed by atoms with E-state index in [1.165, 1.54) is 6.07 Å². The number of nitrogens with zero attached hydrogens (tertiary/aromatic N) is 5. The van der Waals surface area contributed by atoms with Gasteiger partial charge >= 0.3 is 5.97 Å². The SMILES string of the molecule is Cn1cc(-n2ccc(=O)c(Cc3cccc(CC(=O)OCCCN4CCOCC4)c3)n2)cn1. The van der Waals surface area contributed by atoms with Gasteiger partial charge < -0.3 is 9.47 Å². The summed E-state index contributed by atoms with van der Waals surface area (Å²) in [5, 5.41) is 8.62. The number of aromatic nitrogens is 4. The van der Waals surface area contributed by atoms with Crippen LogP contribution in [0.4, 0.5) is 0 Å². The molecule has 1 saturated heterocycles. The molecule has 0 N–H and O–H groups in total. The zero-order chi connectivity index (χ0) is 23.0. The molecule has 3 aromatic rings. The van der Waals surface area contributed by atoms with Crippen LogP contribution in [0.1, 0.15) is 23.2 Å². The van der Waals surface area contributed by atoms with E-state index in [-0.39, 0.29) is 17.8 Å². The number of esters is 1. The predicted molar refractivity (Wildman–Crippen MR) is 122 cm³/mol. The van der Waals surface area contributed by atoms with Crippen molar-refractivity contribution in [3.05, 3.63) is 76.0 Å². The summed E-state index contributed by atoms with van der Waals surface area (Å²) in [6.07, 6.45) is 6.54. The number of morpholine rings is 1. The molecule has 0 radical (unpaired) electrons. The second kappa shape index (κ2) is 11.0. The molecule has 9 heteroatoms. The van der Waals surface area contributed by atoms with Crippen molar-refractivity contribution in [2.45, 2.75) is 19.3 Å². The summed E-state index contributed by atoms with van der Waals surface area (Å²) in [5.74, 6) is -0.245. The van der Waals surface area contributed by atoms with Crippen LogP contribution in [-0.2, 0) is 34.2 Å². The van der Waals surface area contributed by atoms with E-state index < -0.39 is 0 Å². The topological polar surface area (TPSA) is 91.5 Å². The molecule has 0 unspecified atom stereocenters. The van der Waals surface area contributed by atoms with Crippen molar-refractivity contribution in [2.75, 3.05) is 39.5 Å². The second-order valence-electron chi connectivity index (χ2n) is 8.14. The van der Waals surface area contributed by atoms with Crippen LogP contribution in [0.3, 0.4) is 0 Å². The Hall–Kier alpha value is -3.30. The first-order chi connectivity index (χ1) is 16.1. The maximum atomic E-state index is 12.4. The van der Waals surface area contributed by atoms with Crippen LogP contribution in [0.15, 0.2) is 53.7 Å². The quantitative estimate of drug-likeness (QED) is 0.358. The van der Waals surface area contributed by atoms with E-state index in [1.807, 2.05) is 37.5 Å². The van der Waals surface area contributed by atoms with Gasteiger partial charge in [-0.1, -0.05) is 24.3 Å². The Balaban J connectivity index is 1.31. The first-order valence-corrected chi connectivity index (χ1v) is 11.2. The summed E-state index contributed by atoms with van der Waals surface area (Å²) >= 11 is 0. The van der Waals surface area contributed by atoms with Crippen molar-refractivity contribution in [1.29, 1.82) is 0 Å². The fraction of sp³-hybridized carbons (Fsp3) is 0.417. The average Bonchev–Trinajstić information content (AvgIpc) is 3.25. The van der Waals surface area contributed by atoms with E-state index in [1.54, 1.807) is 21.8 Å². The maximum Gasteiger partial charge on any atom is 0.310 e. The van der Waals surface area contributed by atoms with Gasteiger partial charge in [-0.25, -0.2) is 4.68 Å². The van der Waals surface area contributed by atoms with Crippen molar-refractivity contribution < 1.29 is 14.3 Å². The van der Waals surface area contributed by atoms with Crippen LogP contribution in [0.25, 0.3) is 5.69 Å². The molecule has 1 aliphatic heterocycles. The smallest absolute Gasteiger partial charge is 0.310 e. The van der Waals surface area contributed by atoms with Gasteiger partial charge in [-0.3, -0.25) is 19.2 Å². The fourth-order valence-electron chi connectivity index (χ4n) is 3.80. The molecule has 0 atom stereocenters. The van der Waals surface area contributed by atoms with Crippen LogP contribution in [0.2, 0.25) is 0 Å². The van der Waals surface area contributed by atoms with Gasteiger partial charge in [-0.15, -0.1) is 0 Å². The van der Waals surface area contributed by atoms with Crippen LogP contribution >= 0.6 is 0 Å². The molecule has 2 aromatic heterocycles. The number of ether oxygens (including phenoxy) is 2. The molecule has 174 valence electrons. The van der Waals surface area contributed by atoms with E-state index in [4.69, 9.17) is 9.47 Å². The van der Waals surface area contributed by atoms with Crippen molar-refractivity contribution in [2.24, 2.45) is 7.05 Å². The standard InChI is InChI=1S/C24H29N5O4/c1-27-18-21(17-25-27)29-8-6-23(30)22(26-29)15-19-4-2-5-20(14-19)16-24(31)33-11-3-7-28-9-12-32-13-10-28/h2,4-6,8,14,17-18H,3,7,9-13,15-16H2,1H3. The highest BCUT2D eigenvalue weighted by Crippen LogP contribution is 2.11. The van der Waals surface area contributed by atoms with Gasteiger partial charge in [0, 0.05) is 45.4 Å². The lowest BCUT2D eigenvalue weighted by atomic mass is 10.0. The minimum atomic E-state index is -0.245. The Kier molecular flexibility index (Phi) is 7.64. The third-order valence-electron chi connectivity index (χ3n) is 5.53. The Morgan fingerprint density at radius 3 is 2.79 bits per heavy atom. The molecule has 0 aliphatic carbocycles. The molecule has 4 rings (SSSR count). The summed E-state index contributed by atoms with van der Waals surface area (Å²) in [4.78, 5) is 26.9. The Labute approximate surface area is 192 Å². The van der Waals surface area contributed by atoms with Gasteiger partial charge in [0.2, 0.25) is 5.43 Å². The maximum absolute atomic E-state index is 12.4. The van der Waals surface area contributed by atoms with Gasteiger partial charge in [-0.05, 0) is 17.5 Å². The van der Waals surface area contributed by atoms with Crippen LogP contribution in [0, 0.1) is 0 Å². The number of carbonyl (C=O) groups excluding carboxylic acids is 1. The van der Waals surface area contributed by atoms with E-state index in [0.717, 1.165) is 56.1 Å². The van der Waals surface area contributed by atoms with Crippen LogP contribution < -0.4 is 5.43 Å². The zero-order valence-corrected chi connectivity index (χ0v) is 18.9. The van der Waals surface area contributed by atoms with E-state index in [9.17, 15) is 9.59 Å². The fourth-order valence-corrected chi connectivity index (χ4v) is 3.80. The van der Waals surface area contributed by atoms with Gasteiger partial charge in [0.05, 0.1) is 38.6 Å². The van der Waals surface area contributed by atoms with E-state index >= 15 is 0 Å². The Morgan fingerprint density at radius 2 is 2.00 bits per heavy atom. The summed E-state index contributed by atoms with van der Waals surface area (Å²) in [6.45, 7) is 4.73. The number of aryl methyl sites for hydroxylation is 1. The normalized spacial score (nSPS) is 14.3. The zero-order valence-electron chi connectivity index (χ0n) is 18.9. The van der Waals surface area contributed by atoms with Crippen molar-refractivity contribution >= 4 is 5.97 Å². The third-order valence-corrected chi connectivity index (χ3v) is 5.53. The van der Waals surface area contributed by atoms with Crippen molar-refractivity contribution in [3.63, 3.8) is 0 Å². The lowest BCUT2D eigenvalue weighted by Gasteiger charge is -2.26. The molecule has 1 aliphatic rings. The molecule has 9 nitrogen and oxygen atoms in total. The third kappa shape index (κ3) is 6.59. The van der Waals surface area contributed by atoms with Gasteiger partial charge in [-0.2, -0.15) is 10.2 Å².